The summed E-state index contributed by atoms with van der Waals surface area (Å²) in [5.41, 5.74) is 11.8. The Morgan fingerprint density at radius 1 is 1.15 bits per heavy atom. The lowest BCUT2D eigenvalue weighted by Crippen LogP contribution is -2.68. The van der Waals surface area contributed by atoms with E-state index in [9.17, 15) is 27.6 Å². The third-order valence-electron chi connectivity index (χ3n) is 8.55. The van der Waals surface area contributed by atoms with E-state index >= 15 is 0 Å². The highest BCUT2D eigenvalue weighted by Gasteiger charge is 2.63. The Morgan fingerprint density at radius 3 is 2.33 bits per heavy atom. The molecule has 3 heterocycles. The van der Waals surface area contributed by atoms with Gasteiger partial charge in [-0.1, -0.05) is 26.2 Å². The number of methoxy groups -OCH3 is 1. The minimum Gasteiger partial charge on any atom is -0.494 e. The summed E-state index contributed by atoms with van der Waals surface area (Å²) in [7, 11) is 1.53. The highest BCUT2D eigenvalue weighted by Crippen LogP contribution is 2.41. The number of ether oxygens (including phenoxy) is 2. The van der Waals surface area contributed by atoms with Crippen molar-refractivity contribution >= 4 is 34.9 Å². The number of carbonyl (C=O) groups excluding carboxylic acids is 3. The van der Waals surface area contributed by atoms with E-state index in [2.05, 4.69) is 10.9 Å². The smallest absolute Gasteiger partial charge is 0.494 e. The molecule has 1 amide bonds. The average molecular weight is 679 g/mol. The van der Waals surface area contributed by atoms with Crippen LogP contribution in [-0.4, -0.2) is 110 Å². The van der Waals surface area contributed by atoms with Gasteiger partial charge < -0.3 is 19.3 Å². The van der Waals surface area contributed by atoms with Gasteiger partial charge in [-0.3, -0.25) is 15.3 Å². The number of amides is 1. The van der Waals surface area contributed by atoms with Crippen molar-refractivity contribution < 1.29 is 46.6 Å². The van der Waals surface area contributed by atoms with Crippen molar-refractivity contribution in [1.82, 2.24) is 20.8 Å². The molecule has 5 atom stereocenters. The van der Waals surface area contributed by atoms with E-state index in [1.807, 2.05) is 25.7 Å². The predicted octanol–water partition coefficient (Wildman–Crippen LogP) is 2.20. The molecular weight excluding hydrogens is 635 g/mol. The third-order valence-corrected chi connectivity index (χ3v) is 8.95. The number of alkyl halides is 4. The van der Waals surface area contributed by atoms with E-state index in [1.165, 1.54) is 12.1 Å². The summed E-state index contributed by atoms with van der Waals surface area (Å²) in [5.74, 6) is -3.88. The number of ketones is 1. The van der Waals surface area contributed by atoms with Crippen LogP contribution in [0.3, 0.4) is 0 Å². The molecule has 258 valence electrons. The van der Waals surface area contributed by atoms with Gasteiger partial charge in [0, 0.05) is 43.7 Å². The summed E-state index contributed by atoms with van der Waals surface area (Å²) in [6, 6.07) is 3.26. The third kappa shape index (κ3) is 7.22. The van der Waals surface area contributed by atoms with E-state index in [4.69, 9.17) is 31.6 Å². The quantitative estimate of drug-likeness (QED) is 0.153. The number of anilines is 1. The molecular formula is C29H44ClF3N7O6+. The lowest BCUT2D eigenvalue weighted by atomic mass is 9.84. The molecule has 3 saturated heterocycles. The fourth-order valence-corrected chi connectivity index (χ4v) is 6.47. The maximum Gasteiger partial charge on any atom is 0.497 e. The van der Waals surface area contributed by atoms with Crippen LogP contribution >= 0.6 is 11.6 Å². The van der Waals surface area contributed by atoms with Crippen molar-refractivity contribution in [3.05, 3.63) is 23.3 Å². The lowest BCUT2D eigenvalue weighted by molar-refractivity contribution is -1.13. The number of hydrogen-bond donors (Lipinski definition) is 3. The van der Waals surface area contributed by atoms with E-state index in [-0.39, 0.29) is 17.9 Å². The number of hydrogen-bond acceptors (Lipinski definition) is 11. The van der Waals surface area contributed by atoms with E-state index in [0.29, 0.717) is 56.4 Å². The van der Waals surface area contributed by atoms with Gasteiger partial charge in [-0.05, 0) is 36.2 Å². The van der Waals surface area contributed by atoms with Crippen LogP contribution in [0.2, 0.25) is 0 Å². The Labute approximate surface area is 271 Å². The van der Waals surface area contributed by atoms with Crippen LogP contribution in [0.15, 0.2) is 12.1 Å². The van der Waals surface area contributed by atoms with Gasteiger partial charge >= 0.3 is 12.1 Å². The number of halogens is 4. The molecule has 13 nitrogen and oxygen atoms in total. The first-order valence-corrected chi connectivity index (χ1v) is 15.7. The summed E-state index contributed by atoms with van der Waals surface area (Å²) in [6.07, 6.45) is -8.03. The number of benzene rings is 1. The monoisotopic (exact) mass is 678 g/mol. The summed E-state index contributed by atoms with van der Waals surface area (Å²) < 4.78 is 51.0. The standard InChI is InChI=1S/C29H44ClF3N7O6/c1-7-37(8-2)25(42)18-15-22-39(35-24(18)30)27(34)36-40(22,46-26(43)29(31,32)33)16-21(41)17-13-19(28(3,4)5)23(44-6)20(14-17)38-9-11-45-12-10-38/h13-14,18,22,24,27,35-36H,7-12,15-16,34H2,1-6H3/q+1. The van der Waals surface area contributed by atoms with Gasteiger partial charge in [0.2, 0.25) is 24.4 Å². The number of nitrogens with two attached hydrogens (primary N) is 1. The molecule has 0 bridgehead atoms. The van der Waals surface area contributed by atoms with Crippen molar-refractivity contribution in [1.29, 1.82) is 0 Å². The van der Waals surface area contributed by atoms with E-state index < -0.39 is 58.5 Å². The van der Waals surface area contributed by atoms with Crippen LogP contribution in [0.5, 0.6) is 5.75 Å². The zero-order valence-electron chi connectivity index (χ0n) is 26.9. The van der Waals surface area contributed by atoms with Gasteiger partial charge in [0.05, 0.1) is 31.9 Å². The van der Waals surface area contributed by atoms with E-state index in [0.717, 1.165) is 0 Å². The normalized spacial score (nSPS) is 27.2. The Bertz CT molecular complexity index is 1310. The molecule has 3 aliphatic heterocycles. The summed E-state index contributed by atoms with van der Waals surface area (Å²) in [6.45, 7) is 11.4. The highest BCUT2D eigenvalue weighted by atomic mass is 35.5. The molecule has 1 aromatic rings. The lowest BCUT2D eigenvalue weighted by Gasteiger charge is -2.42. The number of Topliss-reactive ketones (excluding diaryl/α,β-unsaturated/α-hetero) is 1. The van der Waals surface area contributed by atoms with Crippen molar-refractivity contribution in [3.63, 3.8) is 0 Å². The average Bonchev–Trinajstić information content (AvgIpc) is 3.25. The second kappa shape index (κ2) is 13.8. The van der Waals surface area contributed by atoms with Crippen molar-refractivity contribution in [2.75, 3.05) is 57.9 Å². The molecule has 0 aliphatic carbocycles. The first kappa shape index (κ1) is 36.1. The largest absolute Gasteiger partial charge is 0.497 e. The van der Waals surface area contributed by atoms with Gasteiger partial charge in [0.25, 0.3) is 0 Å². The Kier molecular flexibility index (Phi) is 10.8. The number of morpholine rings is 1. The fourth-order valence-electron chi connectivity index (χ4n) is 6.14. The highest BCUT2D eigenvalue weighted by molar-refractivity contribution is 6.21. The van der Waals surface area contributed by atoms with Crippen LogP contribution in [0.25, 0.3) is 0 Å². The van der Waals surface area contributed by atoms with Crippen molar-refractivity contribution in [2.45, 2.75) is 70.6 Å². The van der Waals surface area contributed by atoms with Crippen molar-refractivity contribution in [2.24, 2.45) is 11.7 Å². The van der Waals surface area contributed by atoms with Gasteiger partial charge in [0.15, 0.2) is 6.29 Å². The maximum absolute atomic E-state index is 14.2. The van der Waals surface area contributed by atoms with Gasteiger partial charge in [-0.2, -0.15) is 13.2 Å². The molecule has 3 fully saturated rings. The zero-order valence-corrected chi connectivity index (χ0v) is 27.7. The first-order valence-electron chi connectivity index (χ1n) is 15.2. The zero-order chi connectivity index (χ0) is 34.2. The molecule has 0 aromatic heterocycles. The molecule has 1 aromatic carbocycles. The Hall–Kier alpha value is -2.73. The second-order valence-electron chi connectivity index (χ2n) is 12.5. The number of carbonyl (C=O) groups is 3. The van der Waals surface area contributed by atoms with Crippen LogP contribution in [0.4, 0.5) is 18.9 Å². The van der Waals surface area contributed by atoms with Crippen LogP contribution < -0.4 is 26.2 Å². The van der Waals surface area contributed by atoms with E-state index in [1.54, 1.807) is 30.9 Å². The summed E-state index contributed by atoms with van der Waals surface area (Å²) >= 11 is 6.55. The Morgan fingerprint density at radius 2 is 1.78 bits per heavy atom. The van der Waals surface area contributed by atoms with Gasteiger partial charge in [-0.15, -0.1) is 16.6 Å². The number of hydrazine groups is 1. The molecule has 17 heteroatoms. The number of hydroxylamine groups is 2. The topological polar surface area (TPSA) is 139 Å². The number of nitrogens with zero attached hydrogens (tertiary/aromatic N) is 4. The number of quaternary nitrogens is 1. The molecule has 46 heavy (non-hydrogen) atoms. The minimum absolute atomic E-state index is 0.163. The molecule has 5 unspecified atom stereocenters. The molecule has 0 radical (unpaired) electrons. The molecule has 0 saturated carbocycles. The molecule has 4 N–H and O–H groups in total. The van der Waals surface area contributed by atoms with Crippen molar-refractivity contribution in [3.8, 4) is 5.75 Å². The maximum atomic E-state index is 14.2. The Balaban J connectivity index is 1.79. The number of nitrogens with one attached hydrogen (secondary N) is 2. The molecule has 3 aliphatic rings. The van der Waals surface area contributed by atoms with Gasteiger partial charge in [-0.25, -0.2) is 15.1 Å². The predicted molar refractivity (Wildman–Crippen MR) is 162 cm³/mol. The first-order chi connectivity index (χ1) is 21.5. The van der Waals surface area contributed by atoms with Crippen LogP contribution in [0.1, 0.15) is 57.0 Å². The summed E-state index contributed by atoms with van der Waals surface area (Å²) in [5, 5.41) is 1.29. The summed E-state index contributed by atoms with van der Waals surface area (Å²) in [4.78, 5) is 48.7. The SMILES string of the molecule is CCN(CC)C(=O)C1CC2N(NC1Cl)C(N)N[N+]2(CC(=O)c1cc(N2CCOCC2)c(OC)c(C(C)(C)C)c1)OC(=O)C(F)(F)F. The minimum atomic E-state index is -5.38. The van der Waals surface area contributed by atoms with Crippen LogP contribution in [0, 0.1) is 5.92 Å². The van der Waals surface area contributed by atoms with Gasteiger partial charge in [0.1, 0.15) is 11.3 Å². The molecule has 0 spiro atoms. The second-order valence-corrected chi connectivity index (χ2v) is 13.0. The fraction of sp³-hybridized carbons (Fsp3) is 0.690. The van der Waals surface area contributed by atoms with Crippen LogP contribution in [-0.2, 0) is 24.6 Å². The number of fused-ring (bicyclic) bond motifs is 1. The molecule has 4 rings (SSSR count). The number of rotatable bonds is 9.